The van der Waals surface area contributed by atoms with Gasteiger partial charge in [0.15, 0.2) is 11.5 Å². The first kappa shape index (κ1) is 14.6. The van der Waals surface area contributed by atoms with Crippen LogP contribution < -0.4 is 9.47 Å². The number of ether oxygens (including phenoxy) is 2. The van der Waals surface area contributed by atoms with Gasteiger partial charge in [0.1, 0.15) is 11.4 Å². The molecule has 2 aromatic heterocycles. The molecular weight excluding hydrogens is 323 g/mol. The van der Waals surface area contributed by atoms with E-state index in [2.05, 4.69) is 15.2 Å². The number of aromatic nitrogens is 3. The molecular formula is C16H10F3N3O2. The average Bonchev–Trinajstić information content (AvgIpc) is 3.22. The third-order valence-corrected chi connectivity index (χ3v) is 3.61. The van der Waals surface area contributed by atoms with Gasteiger partial charge in [-0.25, -0.2) is 4.98 Å². The fourth-order valence-electron chi connectivity index (χ4n) is 2.49. The van der Waals surface area contributed by atoms with Gasteiger partial charge in [-0.2, -0.15) is 18.3 Å². The number of nitrogens with zero attached hydrogens (tertiary/aromatic N) is 2. The highest BCUT2D eigenvalue weighted by Crippen LogP contribution is 2.38. The minimum absolute atomic E-state index is 0.138. The van der Waals surface area contributed by atoms with Crippen molar-refractivity contribution in [3.63, 3.8) is 0 Å². The minimum atomic E-state index is -4.51. The Morgan fingerprint density at radius 1 is 1.04 bits per heavy atom. The van der Waals surface area contributed by atoms with Crippen molar-refractivity contribution in [2.75, 3.05) is 6.79 Å². The molecule has 122 valence electrons. The van der Waals surface area contributed by atoms with Gasteiger partial charge in [0, 0.05) is 11.8 Å². The number of benzene rings is 1. The van der Waals surface area contributed by atoms with Crippen LogP contribution in [-0.4, -0.2) is 22.0 Å². The number of H-pyrrole nitrogens is 1. The number of alkyl halides is 3. The van der Waals surface area contributed by atoms with E-state index in [-0.39, 0.29) is 12.5 Å². The van der Waals surface area contributed by atoms with Crippen LogP contribution >= 0.6 is 0 Å². The summed E-state index contributed by atoms with van der Waals surface area (Å²) in [6, 6.07) is 9.01. The van der Waals surface area contributed by atoms with Gasteiger partial charge in [-0.05, 0) is 29.8 Å². The van der Waals surface area contributed by atoms with Crippen LogP contribution in [0.3, 0.4) is 0 Å². The van der Waals surface area contributed by atoms with Gasteiger partial charge in [-0.1, -0.05) is 12.1 Å². The van der Waals surface area contributed by atoms with Crippen LogP contribution in [0.25, 0.3) is 22.5 Å². The summed E-state index contributed by atoms with van der Waals surface area (Å²) in [5.41, 5.74) is 0.876. The van der Waals surface area contributed by atoms with Crippen molar-refractivity contribution < 1.29 is 22.6 Å². The Balaban J connectivity index is 1.78. The molecule has 3 aromatic rings. The average molecular weight is 333 g/mol. The second-order valence-corrected chi connectivity index (χ2v) is 5.12. The molecule has 0 amide bonds. The Morgan fingerprint density at radius 3 is 2.71 bits per heavy atom. The lowest BCUT2D eigenvalue weighted by Gasteiger charge is -2.08. The number of nitrogens with one attached hydrogen (secondary N) is 1. The van der Waals surface area contributed by atoms with Gasteiger partial charge in [0.05, 0.1) is 5.69 Å². The largest absolute Gasteiger partial charge is 0.454 e. The lowest BCUT2D eigenvalue weighted by atomic mass is 10.0. The normalized spacial score (nSPS) is 13.3. The van der Waals surface area contributed by atoms with E-state index in [4.69, 9.17) is 9.47 Å². The van der Waals surface area contributed by atoms with Crippen LogP contribution in [-0.2, 0) is 6.18 Å². The Kier molecular flexibility index (Phi) is 3.19. The van der Waals surface area contributed by atoms with Gasteiger partial charge in [0.2, 0.25) is 6.79 Å². The van der Waals surface area contributed by atoms with Crippen LogP contribution in [0.5, 0.6) is 11.5 Å². The molecule has 3 heterocycles. The standard InChI is InChI=1S/C16H10F3N3O2/c17-16(18,19)14-3-1-2-11(21-14)15-10(7-20-22-15)9-4-5-12-13(6-9)24-8-23-12/h1-7H,8H2,(H,20,22). The molecule has 0 fully saturated rings. The molecule has 0 spiro atoms. The predicted octanol–water partition coefficient (Wildman–Crippen LogP) is 3.89. The molecule has 1 aromatic carbocycles. The van der Waals surface area contributed by atoms with Gasteiger partial charge in [-0.3, -0.25) is 5.10 Å². The number of fused-ring (bicyclic) bond motifs is 1. The molecule has 0 saturated carbocycles. The van der Waals surface area contributed by atoms with Gasteiger partial charge >= 0.3 is 6.18 Å². The monoisotopic (exact) mass is 333 g/mol. The molecule has 0 saturated heterocycles. The lowest BCUT2D eigenvalue weighted by Crippen LogP contribution is -2.08. The number of aromatic amines is 1. The van der Waals surface area contributed by atoms with E-state index in [1.807, 2.05) is 0 Å². The zero-order valence-corrected chi connectivity index (χ0v) is 12.1. The van der Waals surface area contributed by atoms with Crippen molar-refractivity contribution in [2.45, 2.75) is 6.18 Å². The molecule has 1 N–H and O–H groups in total. The molecule has 8 heteroatoms. The first-order valence-corrected chi connectivity index (χ1v) is 7.01. The van der Waals surface area contributed by atoms with Crippen molar-refractivity contribution in [1.82, 2.24) is 15.2 Å². The third kappa shape index (κ3) is 2.45. The summed E-state index contributed by atoms with van der Waals surface area (Å²) in [4.78, 5) is 3.68. The van der Waals surface area contributed by atoms with Crippen LogP contribution in [0.2, 0.25) is 0 Å². The Bertz CT molecular complexity index is 906. The molecule has 0 bridgehead atoms. The number of hydrogen-bond donors (Lipinski definition) is 1. The highest BCUT2D eigenvalue weighted by molar-refractivity contribution is 5.80. The van der Waals surface area contributed by atoms with Crippen molar-refractivity contribution >= 4 is 0 Å². The maximum absolute atomic E-state index is 12.9. The van der Waals surface area contributed by atoms with Gasteiger partial charge in [0.25, 0.3) is 0 Å². The second kappa shape index (κ2) is 5.26. The molecule has 0 radical (unpaired) electrons. The van der Waals surface area contributed by atoms with E-state index in [1.54, 1.807) is 24.4 Å². The summed E-state index contributed by atoms with van der Waals surface area (Å²) in [6.45, 7) is 0.145. The summed E-state index contributed by atoms with van der Waals surface area (Å²) in [5, 5.41) is 6.73. The maximum Gasteiger partial charge on any atom is 0.433 e. The summed E-state index contributed by atoms with van der Waals surface area (Å²) in [5.74, 6) is 1.21. The molecule has 0 unspecified atom stereocenters. The lowest BCUT2D eigenvalue weighted by molar-refractivity contribution is -0.141. The molecule has 0 atom stereocenters. The van der Waals surface area contributed by atoms with E-state index in [0.717, 1.165) is 11.6 Å². The number of halogens is 3. The number of pyridine rings is 1. The van der Waals surface area contributed by atoms with Crippen molar-refractivity contribution in [3.8, 4) is 34.0 Å². The first-order valence-electron chi connectivity index (χ1n) is 7.01. The Hall–Kier alpha value is -3.03. The highest BCUT2D eigenvalue weighted by atomic mass is 19.4. The quantitative estimate of drug-likeness (QED) is 0.773. The molecule has 1 aliphatic heterocycles. The number of rotatable bonds is 2. The fraction of sp³-hybridized carbons (Fsp3) is 0.125. The topological polar surface area (TPSA) is 60.0 Å². The van der Waals surface area contributed by atoms with E-state index in [0.29, 0.717) is 22.8 Å². The fourth-order valence-corrected chi connectivity index (χ4v) is 2.49. The predicted molar refractivity (Wildman–Crippen MR) is 78.4 cm³/mol. The summed E-state index contributed by atoms with van der Waals surface area (Å²) < 4.78 is 49.2. The zero-order chi connectivity index (χ0) is 16.7. The Morgan fingerprint density at radius 2 is 1.88 bits per heavy atom. The smallest absolute Gasteiger partial charge is 0.433 e. The zero-order valence-electron chi connectivity index (χ0n) is 12.1. The van der Waals surface area contributed by atoms with Crippen LogP contribution in [0.15, 0.2) is 42.6 Å². The maximum atomic E-state index is 12.9. The van der Waals surface area contributed by atoms with E-state index >= 15 is 0 Å². The van der Waals surface area contributed by atoms with Crippen molar-refractivity contribution in [1.29, 1.82) is 0 Å². The summed E-state index contributed by atoms with van der Waals surface area (Å²) in [7, 11) is 0. The van der Waals surface area contributed by atoms with E-state index in [9.17, 15) is 13.2 Å². The first-order chi connectivity index (χ1) is 11.5. The van der Waals surface area contributed by atoms with Crippen molar-refractivity contribution in [3.05, 3.63) is 48.3 Å². The molecule has 0 aliphatic carbocycles. The van der Waals surface area contributed by atoms with E-state index in [1.165, 1.54) is 12.1 Å². The van der Waals surface area contributed by atoms with Crippen molar-refractivity contribution in [2.24, 2.45) is 0 Å². The molecule has 5 nitrogen and oxygen atoms in total. The minimum Gasteiger partial charge on any atom is -0.454 e. The SMILES string of the molecule is FC(F)(F)c1cccc(-c2n[nH]cc2-c2ccc3c(c2)OCO3)n1. The van der Waals surface area contributed by atoms with E-state index < -0.39 is 11.9 Å². The second-order valence-electron chi connectivity index (χ2n) is 5.12. The van der Waals surface area contributed by atoms with Crippen LogP contribution in [0.4, 0.5) is 13.2 Å². The molecule has 24 heavy (non-hydrogen) atoms. The van der Waals surface area contributed by atoms with Gasteiger partial charge < -0.3 is 9.47 Å². The van der Waals surface area contributed by atoms with Crippen LogP contribution in [0.1, 0.15) is 5.69 Å². The van der Waals surface area contributed by atoms with Crippen LogP contribution in [0, 0.1) is 0 Å². The highest BCUT2D eigenvalue weighted by Gasteiger charge is 2.32. The summed E-state index contributed by atoms with van der Waals surface area (Å²) in [6.07, 6.45) is -2.90. The summed E-state index contributed by atoms with van der Waals surface area (Å²) >= 11 is 0. The van der Waals surface area contributed by atoms with Gasteiger partial charge in [-0.15, -0.1) is 0 Å². The molecule has 1 aliphatic rings. The number of hydrogen-bond acceptors (Lipinski definition) is 4. The Labute approximate surface area is 134 Å². The third-order valence-electron chi connectivity index (χ3n) is 3.61. The molecule has 4 rings (SSSR count).